The van der Waals surface area contributed by atoms with E-state index in [4.69, 9.17) is 5.11 Å². The fourth-order valence-corrected chi connectivity index (χ4v) is 2.59. The maximum atomic E-state index is 10.3. The molecule has 0 radical (unpaired) electrons. The molecule has 2 aromatic carbocycles. The van der Waals surface area contributed by atoms with Gasteiger partial charge in [-0.2, -0.15) is 0 Å². The van der Waals surface area contributed by atoms with Gasteiger partial charge in [-0.15, -0.1) is 0 Å². The third-order valence-electron chi connectivity index (χ3n) is 3.74. The Morgan fingerprint density at radius 3 is 2.68 bits per heavy atom. The summed E-state index contributed by atoms with van der Waals surface area (Å²) in [6.45, 7) is 3.41. The molecule has 0 aliphatic heterocycles. The fraction of sp³-hybridized carbons (Fsp3) is 0.235. The van der Waals surface area contributed by atoms with Crippen molar-refractivity contribution in [2.24, 2.45) is 0 Å². The number of aromatic amines is 1. The van der Waals surface area contributed by atoms with Gasteiger partial charge in [0.1, 0.15) is 11.6 Å². The summed E-state index contributed by atoms with van der Waals surface area (Å²) in [6, 6.07) is 13.3. The van der Waals surface area contributed by atoms with Gasteiger partial charge in [0.05, 0.1) is 23.2 Å². The average Bonchev–Trinajstić information content (AvgIpc) is 2.96. The number of para-hydroxylation sites is 2. The van der Waals surface area contributed by atoms with Gasteiger partial charge in [0.25, 0.3) is 0 Å². The van der Waals surface area contributed by atoms with Gasteiger partial charge in [0.15, 0.2) is 0 Å². The standard InChI is InChI=1S/C17H19N3O2/c1-2-20(9-10-21)12-7-8-13(16(22)11-12)17-18-14-5-3-4-6-15(14)19-17/h3-8,11,21-22H,2,9-10H2,1H3,(H,18,19). The van der Waals surface area contributed by atoms with Crippen molar-refractivity contribution in [2.75, 3.05) is 24.6 Å². The predicted molar refractivity (Wildman–Crippen MR) is 88.2 cm³/mol. The van der Waals surface area contributed by atoms with E-state index in [-0.39, 0.29) is 12.4 Å². The molecule has 3 aromatic rings. The van der Waals surface area contributed by atoms with Crippen molar-refractivity contribution in [2.45, 2.75) is 6.92 Å². The zero-order valence-corrected chi connectivity index (χ0v) is 12.5. The van der Waals surface area contributed by atoms with Gasteiger partial charge in [0.2, 0.25) is 0 Å². The summed E-state index contributed by atoms with van der Waals surface area (Å²) in [4.78, 5) is 9.72. The SMILES string of the molecule is CCN(CCO)c1ccc(-c2nc3ccccc3[nH]2)c(O)c1. The molecule has 0 aliphatic rings. The minimum Gasteiger partial charge on any atom is -0.507 e. The Hall–Kier alpha value is -2.53. The predicted octanol–water partition coefficient (Wildman–Crippen LogP) is 2.75. The van der Waals surface area contributed by atoms with Gasteiger partial charge in [-0.1, -0.05) is 12.1 Å². The number of likely N-dealkylation sites (N-methyl/N-ethyl adjacent to an activating group) is 1. The second-order valence-electron chi connectivity index (χ2n) is 5.11. The lowest BCUT2D eigenvalue weighted by Crippen LogP contribution is -2.25. The van der Waals surface area contributed by atoms with Crippen LogP contribution in [0.25, 0.3) is 22.4 Å². The number of rotatable bonds is 5. The number of aliphatic hydroxyl groups is 1. The molecule has 0 bridgehead atoms. The molecule has 0 saturated heterocycles. The summed E-state index contributed by atoms with van der Waals surface area (Å²) < 4.78 is 0. The number of phenols is 1. The van der Waals surface area contributed by atoms with Crippen LogP contribution in [0.3, 0.4) is 0 Å². The summed E-state index contributed by atoms with van der Waals surface area (Å²) in [6.07, 6.45) is 0. The van der Waals surface area contributed by atoms with Gasteiger partial charge in [-0.05, 0) is 31.2 Å². The van der Waals surface area contributed by atoms with Crippen LogP contribution in [0.2, 0.25) is 0 Å². The quantitative estimate of drug-likeness (QED) is 0.677. The monoisotopic (exact) mass is 297 g/mol. The van der Waals surface area contributed by atoms with Crippen molar-refractivity contribution in [1.29, 1.82) is 0 Å². The topological polar surface area (TPSA) is 72.4 Å². The molecule has 1 heterocycles. The van der Waals surface area contributed by atoms with Crippen LogP contribution in [0.4, 0.5) is 5.69 Å². The summed E-state index contributed by atoms with van der Waals surface area (Å²) in [5, 5.41) is 19.4. The normalized spacial score (nSPS) is 11.0. The number of hydrogen-bond acceptors (Lipinski definition) is 4. The van der Waals surface area contributed by atoms with E-state index >= 15 is 0 Å². The van der Waals surface area contributed by atoms with Gasteiger partial charge in [-0.3, -0.25) is 0 Å². The molecular formula is C17H19N3O2. The summed E-state index contributed by atoms with van der Waals surface area (Å²) >= 11 is 0. The van der Waals surface area contributed by atoms with E-state index < -0.39 is 0 Å². The van der Waals surface area contributed by atoms with Crippen LogP contribution in [-0.4, -0.2) is 39.9 Å². The zero-order valence-electron chi connectivity index (χ0n) is 12.5. The molecule has 0 unspecified atom stereocenters. The summed E-state index contributed by atoms with van der Waals surface area (Å²) in [5.41, 5.74) is 3.36. The number of aromatic nitrogens is 2. The molecule has 0 aliphatic carbocycles. The van der Waals surface area contributed by atoms with Gasteiger partial charge < -0.3 is 20.1 Å². The van der Waals surface area contributed by atoms with Gasteiger partial charge in [0, 0.05) is 24.8 Å². The van der Waals surface area contributed by atoms with Crippen LogP contribution in [0, 0.1) is 0 Å². The highest BCUT2D eigenvalue weighted by molar-refractivity contribution is 5.81. The molecule has 5 heteroatoms. The number of H-pyrrole nitrogens is 1. The summed E-state index contributed by atoms with van der Waals surface area (Å²) in [7, 11) is 0. The Bertz CT molecular complexity index is 749. The number of aliphatic hydroxyl groups excluding tert-OH is 1. The molecule has 1 aromatic heterocycles. The van der Waals surface area contributed by atoms with E-state index in [0.29, 0.717) is 17.9 Å². The number of nitrogens with one attached hydrogen (secondary N) is 1. The number of benzene rings is 2. The first-order valence-corrected chi connectivity index (χ1v) is 7.37. The smallest absolute Gasteiger partial charge is 0.142 e. The maximum Gasteiger partial charge on any atom is 0.142 e. The third-order valence-corrected chi connectivity index (χ3v) is 3.74. The highest BCUT2D eigenvalue weighted by Gasteiger charge is 2.12. The Kier molecular flexibility index (Phi) is 3.98. The molecule has 0 spiro atoms. The zero-order chi connectivity index (χ0) is 15.5. The van der Waals surface area contributed by atoms with E-state index in [2.05, 4.69) is 9.97 Å². The van der Waals surface area contributed by atoms with E-state index in [1.807, 2.05) is 48.2 Å². The molecule has 0 atom stereocenters. The largest absolute Gasteiger partial charge is 0.507 e. The van der Waals surface area contributed by atoms with Gasteiger partial charge >= 0.3 is 0 Å². The lowest BCUT2D eigenvalue weighted by Gasteiger charge is -2.22. The Morgan fingerprint density at radius 2 is 2.00 bits per heavy atom. The highest BCUT2D eigenvalue weighted by Crippen LogP contribution is 2.32. The minimum atomic E-state index is 0.0833. The van der Waals surface area contributed by atoms with Crippen LogP contribution in [0.5, 0.6) is 5.75 Å². The van der Waals surface area contributed by atoms with Gasteiger partial charge in [-0.25, -0.2) is 4.98 Å². The molecular weight excluding hydrogens is 278 g/mol. The van der Waals surface area contributed by atoms with Crippen molar-refractivity contribution < 1.29 is 10.2 Å². The first kappa shape index (κ1) is 14.4. The van der Waals surface area contributed by atoms with E-state index in [1.54, 1.807) is 6.07 Å². The van der Waals surface area contributed by atoms with E-state index in [0.717, 1.165) is 23.3 Å². The first-order chi connectivity index (χ1) is 10.7. The average molecular weight is 297 g/mol. The molecule has 0 fully saturated rings. The third kappa shape index (κ3) is 2.63. The molecule has 3 N–H and O–H groups in total. The number of imidazole rings is 1. The van der Waals surface area contributed by atoms with Crippen molar-refractivity contribution in [3.63, 3.8) is 0 Å². The Morgan fingerprint density at radius 1 is 1.18 bits per heavy atom. The Balaban J connectivity index is 1.98. The van der Waals surface area contributed by atoms with E-state index in [9.17, 15) is 5.11 Å². The lowest BCUT2D eigenvalue weighted by atomic mass is 10.1. The lowest BCUT2D eigenvalue weighted by molar-refractivity contribution is 0.302. The van der Waals surface area contributed by atoms with Crippen molar-refractivity contribution in [3.05, 3.63) is 42.5 Å². The van der Waals surface area contributed by atoms with Crippen LogP contribution >= 0.6 is 0 Å². The van der Waals surface area contributed by atoms with Crippen LogP contribution in [-0.2, 0) is 0 Å². The van der Waals surface area contributed by atoms with E-state index in [1.165, 1.54) is 0 Å². The highest BCUT2D eigenvalue weighted by atomic mass is 16.3. The number of aromatic hydroxyl groups is 1. The van der Waals surface area contributed by atoms with Crippen molar-refractivity contribution in [3.8, 4) is 17.1 Å². The van der Waals surface area contributed by atoms with Crippen molar-refractivity contribution >= 4 is 16.7 Å². The number of anilines is 1. The summed E-state index contributed by atoms with van der Waals surface area (Å²) in [5.74, 6) is 0.823. The number of phenolic OH excluding ortho intramolecular Hbond substituents is 1. The first-order valence-electron chi connectivity index (χ1n) is 7.37. The molecule has 114 valence electrons. The Labute approximate surface area is 128 Å². The van der Waals surface area contributed by atoms with Crippen LogP contribution in [0.1, 0.15) is 6.92 Å². The number of fused-ring (bicyclic) bond motifs is 1. The molecule has 22 heavy (non-hydrogen) atoms. The molecule has 0 saturated carbocycles. The molecule has 3 rings (SSSR count). The minimum absolute atomic E-state index is 0.0833. The van der Waals surface area contributed by atoms with Crippen molar-refractivity contribution in [1.82, 2.24) is 9.97 Å². The molecule has 0 amide bonds. The second-order valence-corrected chi connectivity index (χ2v) is 5.11. The van der Waals surface area contributed by atoms with Crippen LogP contribution in [0.15, 0.2) is 42.5 Å². The fourth-order valence-electron chi connectivity index (χ4n) is 2.59. The molecule has 5 nitrogen and oxygen atoms in total. The maximum absolute atomic E-state index is 10.3. The second kappa shape index (κ2) is 6.07. The van der Waals surface area contributed by atoms with Crippen LogP contribution < -0.4 is 4.90 Å². The number of hydrogen-bond donors (Lipinski definition) is 3. The number of nitrogens with zero attached hydrogens (tertiary/aromatic N) is 2.